The maximum Gasteiger partial charge on any atom is 0.407 e. The summed E-state index contributed by atoms with van der Waals surface area (Å²) in [5.74, 6) is 0.783. The maximum absolute atomic E-state index is 11.6. The highest BCUT2D eigenvalue weighted by atomic mass is 16.6. The monoisotopic (exact) mass is 370 g/mol. The fraction of sp³-hybridized carbons (Fsp3) is 0.889. The number of ether oxygens (including phenoxy) is 1. The Morgan fingerprint density at radius 1 is 1.00 bits per heavy atom. The van der Waals surface area contributed by atoms with E-state index in [9.17, 15) is 4.79 Å². The smallest absolute Gasteiger partial charge is 0.407 e. The predicted molar refractivity (Wildman–Crippen MR) is 107 cm³/mol. The number of hydrogen-bond donors (Lipinski definition) is 3. The molecule has 0 spiro atoms. The molecule has 8 nitrogen and oxygen atoms in total. The van der Waals surface area contributed by atoms with Gasteiger partial charge in [0.15, 0.2) is 5.96 Å². The van der Waals surface area contributed by atoms with Crippen molar-refractivity contribution in [1.82, 2.24) is 25.8 Å². The zero-order valence-electron chi connectivity index (χ0n) is 17.2. The highest BCUT2D eigenvalue weighted by Crippen LogP contribution is 2.06. The molecule has 3 N–H and O–H groups in total. The van der Waals surface area contributed by atoms with Crippen molar-refractivity contribution in [3.05, 3.63) is 0 Å². The average molecular weight is 371 g/mol. The van der Waals surface area contributed by atoms with E-state index in [1.54, 1.807) is 0 Å². The van der Waals surface area contributed by atoms with Crippen LogP contribution in [-0.2, 0) is 4.74 Å². The van der Waals surface area contributed by atoms with Gasteiger partial charge in [0, 0.05) is 52.4 Å². The summed E-state index contributed by atoms with van der Waals surface area (Å²) in [7, 11) is 0. The molecule has 152 valence electrons. The topological polar surface area (TPSA) is 81.2 Å². The summed E-state index contributed by atoms with van der Waals surface area (Å²) < 4.78 is 5.21. The first-order chi connectivity index (χ1) is 12.3. The molecule has 0 aromatic carbocycles. The summed E-state index contributed by atoms with van der Waals surface area (Å²) >= 11 is 0. The molecule has 0 atom stereocenters. The van der Waals surface area contributed by atoms with E-state index < -0.39 is 11.7 Å². The SMILES string of the molecule is CCNC(=NCCN1CCN(CC)CC1)NCCNC(=O)OC(C)(C)C. The maximum atomic E-state index is 11.6. The highest BCUT2D eigenvalue weighted by Gasteiger charge is 2.16. The van der Waals surface area contributed by atoms with Crippen molar-refractivity contribution in [2.45, 2.75) is 40.2 Å². The highest BCUT2D eigenvalue weighted by molar-refractivity contribution is 5.79. The van der Waals surface area contributed by atoms with Crippen molar-refractivity contribution in [2.24, 2.45) is 4.99 Å². The van der Waals surface area contributed by atoms with Crippen molar-refractivity contribution in [1.29, 1.82) is 0 Å². The lowest BCUT2D eigenvalue weighted by Crippen LogP contribution is -2.47. The normalized spacial score (nSPS) is 17.0. The number of nitrogens with zero attached hydrogens (tertiary/aromatic N) is 3. The Kier molecular flexibility index (Phi) is 10.3. The van der Waals surface area contributed by atoms with Crippen molar-refractivity contribution >= 4 is 12.1 Å². The fourth-order valence-corrected chi connectivity index (χ4v) is 2.63. The van der Waals surface area contributed by atoms with Crippen LogP contribution >= 0.6 is 0 Å². The van der Waals surface area contributed by atoms with E-state index in [0.29, 0.717) is 13.1 Å². The summed E-state index contributed by atoms with van der Waals surface area (Å²) in [6, 6.07) is 0. The Hall–Kier alpha value is -1.54. The standard InChI is InChI=1S/C18H38N6O2/c1-6-19-16(20-8-9-22-17(25)26-18(3,4)5)21-10-11-24-14-12-23(7-2)13-15-24/h6-15H2,1-5H3,(H,22,25)(H2,19,20,21). The summed E-state index contributed by atoms with van der Waals surface area (Å²) in [6.07, 6.45) is -0.396. The van der Waals surface area contributed by atoms with Gasteiger partial charge in [-0.15, -0.1) is 0 Å². The number of carbonyl (C=O) groups is 1. The number of likely N-dealkylation sites (N-methyl/N-ethyl adjacent to an activating group) is 1. The van der Waals surface area contributed by atoms with Gasteiger partial charge < -0.3 is 25.6 Å². The Balaban J connectivity index is 2.23. The van der Waals surface area contributed by atoms with E-state index in [0.717, 1.165) is 58.3 Å². The first kappa shape index (κ1) is 22.5. The molecule has 26 heavy (non-hydrogen) atoms. The number of hydrogen-bond acceptors (Lipinski definition) is 5. The van der Waals surface area contributed by atoms with Gasteiger partial charge in [-0.25, -0.2) is 4.79 Å². The van der Waals surface area contributed by atoms with Gasteiger partial charge in [-0.2, -0.15) is 0 Å². The lowest BCUT2D eigenvalue weighted by Gasteiger charge is -2.33. The summed E-state index contributed by atoms with van der Waals surface area (Å²) in [5, 5.41) is 9.20. The van der Waals surface area contributed by atoms with Crippen molar-refractivity contribution in [3.8, 4) is 0 Å². The molecule has 1 aliphatic heterocycles. The third kappa shape index (κ3) is 10.5. The van der Waals surface area contributed by atoms with Crippen LogP contribution in [0.2, 0.25) is 0 Å². The molecule has 1 rings (SSSR count). The molecule has 0 saturated carbocycles. The Morgan fingerprint density at radius 2 is 1.62 bits per heavy atom. The van der Waals surface area contributed by atoms with E-state index in [1.807, 2.05) is 27.7 Å². The molecule has 1 aliphatic rings. The number of piperazine rings is 1. The molecule has 1 saturated heterocycles. The van der Waals surface area contributed by atoms with Crippen molar-refractivity contribution < 1.29 is 9.53 Å². The fourth-order valence-electron chi connectivity index (χ4n) is 2.63. The van der Waals surface area contributed by atoms with E-state index in [-0.39, 0.29) is 0 Å². The molecule has 1 heterocycles. The third-order valence-corrected chi connectivity index (χ3v) is 4.03. The van der Waals surface area contributed by atoms with E-state index in [1.165, 1.54) is 0 Å². The lowest BCUT2D eigenvalue weighted by molar-refractivity contribution is 0.0529. The van der Waals surface area contributed by atoms with Gasteiger partial charge in [0.25, 0.3) is 0 Å². The van der Waals surface area contributed by atoms with Gasteiger partial charge >= 0.3 is 6.09 Å². The van der Waals surface area contributed by atoms with Gasteiger partial charge in [-0.3, -0.25) is 9.89 Å². The second kappa shape index (κ2) is 12.0. The third-order valence-electron chi connectivity index (χ3n) is 4.03. The minimum Gasteiger partial charge on any atom is -0.444 e. The predicted octanol–water partition coefficient (Wildman–Crippen LogP) is 0.704. The molecule has 8 heteroatoms. The molecule has 1 fully saturated rings. The largest absolute Gasteiger partial charge is 0.444 e. The summed E-state index contributed by atoms with van der Waals surface area (Å²) in [4.78, 5) is 21.2. The van der Waals surface area contributed by atoms with E-state index >= 15 is 0 Å². The quantitative estimate of drug-likeness (QED) is 0.332. The van der Waals surface area contributed by atoms with Crippen LogP contribution in [0.15, 0.2) is 4.99 Å². The lowest BCUT2D eigenvalue weighted by atomic mass is 10.2. The van der Waals surface area contributed by atoms with Crippen LogP contribution in [0.3, 0.4) is 0 Å². The Labute approximate surface area is 158 Å². The van der Waals surface area contributed by atoms with Crippen LogP contribution < -0.4 is 16.0 Å². The molecule has 0 aliphatic carbocycles. The van der Waals surface area contributed by atoms with Gasteiger partial charge in [0.1, 0.15) is 5.60 Å². The van der Waals surface area contributed by atoms with Gasteiger partial charge in [0.05, 0.1) is 6.54 Å². The second-order valence-electron chi connectivity index (χ2n) is 7.39. The van der Waals surface area contributed by atoms with Gasteiger partial charge in [-0.05, 0) is 34.2 Å². The molecule has 0 unspecified atom stereocenters. The molecule has 0 radical (unpaired) electrons. The first-order valence-corrected chi connectivity index (χ1v) is 9.77. The van der Waals surface area contributed by atoms with Crippen molar-refractivity contribution in [3.63, 3.8) is 0 Å². The van der Waals surface area contributed by atoms with Crippen LogP contribution in [0, 0.1) is 0 Å². The molecule has 0 aromatic rings. The minimum absolute atomic E-state index is 0.396. The van der Waals surface area contributed by atoms with Crippen LogP contribution in [-0.4, -0.2) is 92.9 Å². The van der Waals surface area contributed by atoms with Crippen molar-refractivity contribution in [2.75, 3.05) is 65.4 Å². The Bertz CT molecular complexity index is 428. The second-order valence-corrected chi connectivity index (χ2v) is 7.39. The van der Waals surface area contributed by atoms with Crippen LogP contribution in [0.4, 0.5) is 4.79 Å². The average Bonchev–Trinajstić information content (AvgIpc) is 2.57. The first-order valence-electron chi connectivity index (χ1n) is 9.77. The number of nitrogens with one attached hydrogen (secondary N) is 3. The van der Waals surface area contributed by atoms with Gasteiger partial charge in [-0.1, -0.05) is 6.92 Å². The van der Waals surface area contributed by atoms with E-state index in [2.05, 4.69) is 37.7 Å². The minimum atomic E-state index is -0.476. The molecule has 1 amide bonds. The number of aliphatic imine (C=N–C) groups is 1. The zero-order valence-corrected chi connectivity index (χ0v) is 17.2. The Morgan fingerprint density at radius 3 is 2.19 bits per heavy atom. The number of guanidine groups is 1. The molecule has 0 aromatic heterocycles. The van der Waals surface area contributed by atoms with Gasteiger partial charge in [0.2, 0.25) is 0 Å². The summed E-state index contributed by atoms with van der Waals surface area (Å²) in [6.45, 7) is 19.1. The number of rotatable bonds is 8. The van der Waals surface area contributed by atoms with Crippen LogP contribution in [0.25, 0.3) is 0 Å². The number of alkyl carbamates (subject to hydrolysis) is 1. The van der Waals surface area contributed by atoms with E-state index in [4.69, 9.17) is 4.74 Å². The number of carbonyl (C=O) groups excluding carboxylic acids is 1. The molecular formula is C18H38N6O2. The molecular weight excluding hydrogens is 332 g/mol. The van der Waals surface area contributed by atoms with Crippen LogP contribution in [0.1, 0.15) is 34.6 Å². The molecule has 0 bridgehead atoms. The number of amides is 1. The summed E-state index contributed by atoms with van der Waals surface area (Å²) in [5.41, 5.74) is -0.476. The zero-order chi connectivity index (χ0) is 19.4. The van der Waals surface area contributed by atoms with Crippen LogP contribution in [0.5, 0.6) is 0 Å².